The minimum Gasteiger partial charge on any atom is -0.347 e. The van der Waals surface area contributed by atoms with Gasteiger partial charge in [-0.1, -0.05) is 29.3 Å². The molecule has 0 aliphatic carbocycles. The molecule has 1 heterocycles. The van der Waals surface area contributed by atoms with Crippen molar-refractivity contribution in [2.24, 2.45) is 0 Å². The third-order valence-electron chi connectivity index (χ3n) is 2.29. The number of rotatable bonds is 4. The van der Waals surface area contributed by atoms with Crippen LogP contribution < -0.4 is 4.18 Å². The van der Waals surface area contributed by atoms with Crippen molar-refractivity contribution < 1.29 is 12.6 Å². The average Bonchev–Trinajstić information content (AvgIpc) is 2.76. The van der Waals surface area contributed by atoms with Crippen LogP contribution in [0.5, 0.6) is 5.88 Å². The van der Waals surface area contributed by atoms with Gasteiger partial charge in [0.25, 0.3) is 5.88 Å². The van der Waals surface area contributed by atoms with Gasteiger partial charge in [0, 0.05) is 19.7 Å². The van der Waals surface area contributed by atoms with E-state index in [9.17, 15) is 8.42 Å². The molecule has 1 aromatic heterocycles. The summed E-state index contributed by atoms with van der Waals surface area (Å²) in [6, 6.07) is 4.91. The van der Waals surface area contributed by atoms with Crippen LogP contribution in [-0.2, 0) is 10.3 Å². The SMILES string of the molecule is CN(C)S(=O)(=O)Oc1nsnc1-c1c(Cl)cccc1Cl. The van der Waals surface area contributed by atoms with Gasteiger partial charge in [0.05, 0.1) is 21.8 Å². The van der Waals surface area contributed by atoms with Crippen LogP contribution in [0.3, 0.4) is 0 Å². The van der Waals surface area contributed by atoms with Crippen LogP contribution in [0.1, 0.15) is 0 Å². The van der Waals surface area contributed by atoms with Crippen molar-refractivity contribution in [1.82, 2.24) is 13.1 Å². The zero-order valence-electron chi connectivity index (χ0n) is 10.4. The quantitative estimate of drug-likeness (QED) is 0.844. The second-order valence-corrected chi connectivity index (χ2v) is 6.93. The highest BCUT2D eigenvalue weighted by Crippen LogP contribution is 2.38. The summed E-state index contributed by atoms with van der Waals surface area (Å²) in [5.41, 5.74) is 0.574. The van der Waals surface area contributed by atoms with Crippen LogP contribution in [0.4, 0.5) is 0 Å². The fourth-order valence-corrected chi connectivity index (χ4v) is 2.86. The van der Waals surface area contributed by atoms with E-state index in [1.54, 1.807) is 18.2 Å². The summed E-state index contributed by atoms with van der Waals surface area (Å²) in [7, 11) is -1.24. The van der Waals surface area contributed by atoms with E-state index in [1.165, 1.54) is 14.1 Å². The van der Waals surface area contributed by atoms with Crippen molar-refractivity contribution in [2.75, 3.05) is 14.1 Å². The Labute approximate surface area is 130 Å². The van der Waals surface area contributed by atoms with E-state index < -0.39 is 10.3 Å². The van der Waals surface area contributed by atoms with Gasteiger partial charge < -0.3 is 4.18 Å². The van der Waals surface area contributed by atoms with Crippen LogP contribution in [-0.4, -0.2) is 35.6 Å². The van der Waals surface area contributed by atoms with E-state index in [2.05, 4.69) is 8.75 Å². The Morgan fingerprint density at radius 1 is 1.20 bits per heavy atom. The van der Waals surface area contributed by atoms with Crippen molar-refractivity contribution >= 4 is 45.2 Å². The van der Waals surface area contributed by atoms with Crippen molar-refractivity contribution in [3.63, 3.8) is 0 Å². The molecule has 0 unspecified atom stereocenters. The van der Waals surface area contributed by atoms with E-state index in [-0.39, 0.29) is 11.6 Å². The van der Waals surface area contributed by atoms with Crippen LogP contribution in [0, 0.1) is 0 Å². The van der Waals surface area contributed by atoms with E-state index in [1.807, 2.05) is 0 Å². The fourth-order valence-electron chi connectivity index (χ4n) is 1.29. The Bertz CT molecular complexity index is 711. The summed E-state index contributed by atoms with van der Waals surface area (Å²) in [6.45, 7) is 0. The summed E-state index contributed by atoms with van der Waals surface area (Å²) < 4.78 is 37.1. The second-order valence-electron chi connectivity index (χ2n) is 3.84. The lowest BCUT2D eigenvalue weighted by Gasteiger charge is -2.11. The molecule has 0 aliphatic heterocycles. The van der Waals surface area contributed by atoms with E-state index >= 15 is 0 Å². The summed E-state index contributed by atoms with van der Waals surface area (Å²) in [4.78, 5) is 0. The van der Waals surface area contributed by atoms with Gasteiger partial charge in [-0.15, -0.1) is 4.37 Å². The summed E-state index contributed by atoms with van der Waals surface area (Å²) in [6.07, 6.45) is 0. The maximum Gasteiger partial charge on any atom is 0.386 e. The van der Waals surface area contributed by atoms with Gasteiger partial charge in [-0.3, -0.25) is 0 Å². The van der Waals surface area contributed by atoms with Crippen LogP contribution >= 0.6 is 34.9 Å². The largest absolute Gasteiger partial charge is 0.386 e. The zero-order chi connectivity index (χ0) is 14.9. The molecule has 0 amide bonds. The highest BCUT2D eigenvalue weighted by atomic mass is 35.5. The molecule has 0 bridgehead atoms. The lowest BCUT2D eigenvalue weighted by molar-refractivity contribution is 0.417. The summed E-state index contributed by atoms with van der Waals surface area (Å²) in [5, 5.41) is 0.662. The van der Waals surface area contributed by atoms with Gasteiger partial charge in [-0.2, -0.15) is 17.1 Å². The number of hydrogen-bond acceptors (Lipinski definition) is 6. The minimum atomic E-state index is -3.93. The van der Waals surface area contributed by atoms with Gasteiger partial charge in [-0.25, -0.2) is 0 Å². The second kappa shape index (κ2) is 5.82. The molecule has 0 saturated carbocycles. The van der Waals surface area contributed by atoms with E-state index in [4.69, 9.17) is 27.4 Å². The molecule has 0 radical (unpaired) electrons. The highest BCUT2D eigenvalue weighted by Gasteiger charge is 2.24. The average molecular weight is 354 g/mol. The van der Waals surface area contributed by atoms with Crippen molar-refractivity contribution in [3.05, 3.63) is 28.2 Å². The predicted octanol–water partition coefficient (Wildman–Crippen LogP) is 2.70. The molecule has 20 heavy (non-hydrogen) atoms. The number of nitrogens with zero attached hydrogens (tertiary/aromatic N) is 3. The molecular weight excluding hydrogens is 345 g/mol. The Hall–Kier alpha value is -0.930. The monoisotopic (exact) mass is 353 g/mol. The summed E-state index contributed by atoms with van der Waals surface area (Å²) in [5.74, 6) is -0.154. The first-order valence-corrected chi connectivity index (χ1v) is 8.07. The lowest BCUT2D eigenvalue weighted by atomic mass is 10.1. The first-order valence-electron chi connectivity index (χ1n) is 5.22. The first kappa shape index (κ1) is 15.5. The molecule has 2 aromatic rings. The molecule has 1 aromatic carbocycles. The van der Waals surface area contributed by atoms with Crippen molar-refractivity contribution in [1.29, 1.82) is 0 Å². The molecule has 0 N–H and O–H groups in total. The number of hydrogen-bond donors (Lipinski definition) is 0. The number of benzene rings is 1. The fraction of sp³-hybridized carbons (Fsp3) is 0.200. The first-order chi connectivity index (χ1) is 9.33. The molecule has 2 rings (SSSR count). The Morgan fingerprint density at radius 3 is 2.35 bits per heavy atom. The van der Waals surface area contributed by atoms with Gasteiger partial charge in [0.15, 0.2) is 5.69 Å². The lowest BCUT2D eigenvalue weighted by Crippen LogP contribution is -2.27. The van der Waals surface area contributed by atoms with Gasteiger partial charge in [0.2, 0.25) is 0 Å². The zero-order valence-corrected chi connectivity index (χ0v) is 13.5. The number of aromatic nitrogens is 2. The van der Waals surface area contributed by atoms with Gasteiger partial charge in [-0.05, 0) is 12.1 Å². The molecule has 0 saturated heterocycles. The molecule has 0 atom stereocenters. The van der Waals surface area contributed by atoms with E-state index in [0.29, 0.717) is 15.6 Å². The standard InChI is InChI=1S/C10H9Cl2N3O3S2/c1-15(2)20(16,17)18-10-9(13-19-14-10)8-6(11)4-3-5-7(8)12/h3-5H,1-2H3. The Balaban J connectivity index is 2.50. The molecular formula is C10H9Cl2N3O3S2. The molecule has 0 fully saturated rings. The Kier molecular flexibility index (Phi) is 4.50. The third kappa shape index (κ3) is 3.04. The Morgan fingerprint density at radius 2 is 1.80 bits per heavy atom. The third-order valence-corrected chi connectivity index (χ3v) is 4.69. The van der Waals surface area contributed by atoms with Crippen LogP contribution in [0.25, 0.3) is 11.3 Å². The van der Waals surface area contributed by atoms with E-state index in [0.717, 1.165) is 16.0 Å². The van der Waals surface area contributed by atoms with Gasteiger partial charge in [0.1, 0.15) is 0 Å². The predicted molar refractivity (Wildman–Crippen MR) is 78.6 cm³/mol. The van der Waals surface area contributed by atoms with Crippen LogP contribution in [0.15, 0.2) is 18.2 Å². The molecule has 0 aliphatic rings. The molecule has 0 spiro atoms. The minimum absolute atomic E-state index is 0.154. The van der Waals surface area contributed by atoms with Gasteiger partial charge >= 0.3 is 10.3 Å². The topological polar surface area (TPSA) is 72.4 Å². The highest BCUT2D eigenvalue weighted by molar-refractivity contribution is 7.84. The normalized spacial score (nSPS) is 11.8. The molecule has 10 heteroatoms. The molecule has 108 valence electrons. The molecule has 6 nitrogen and oxygen atoms in total. The maximum absolute atomic E-state index is 11.7. The number of halogens is 2. The van der Waals surface area contributed by atoms with Crippen LogP contribution in [0.2, 0.25) is 10.0 Å². The maximum atomic E-state index is 11.7. The summed E-state index contributed by atoms with van der Waals surface area (Å²) >= 11 is 12.9. The van der Waals surface area contributed by atoms with Crippen molar-refractivity contribution in [2.45, 2.75) is 0 Å². The smallest absolute Gasteiger partial charge is 0.347 e. The van der Waals surface area contributed by atoms with Crippen molar-refractivity contribution in [3.8, 4) is 17.1 Å².